The van der Waals surface area contributed by atoms with Gasteiger partial charge in [-0.2, -0.15) is 0 Å². The maximum absolute atomic E-state index is 13.3. The van der Waals surface area contributed by atoms with E-state index in [0.717, 1.165) is 44.2 Å². The molecule has 0 spiro atoms. The maximum atomic E-state index is 13.3. The quantitative estimate of drug-likeness (QED) is 0.894. The van der Waals surface area contributed by atoms with Gasteiger partial charge in [0.15, 0.2) is 11.6 Å². The van der Waals surface area contributed by atoms with E-state index in [1.54, 1.807) is 0 Å². The van der Waals surface area contributed by atoms with Gasteiger partial charge in [0.2, 0.25) is 0 Å². The number of halogens is 2. The average Bonchev–Trinajstić information content (AvgIpc) is 2.33. The second kappa shape index (κ2) is 5.04. The molecule has 1 saturated carbocycles. The number of carboxylic acid groups (broad SMARTS) is 1. The number of carbonyl (C=O) groups is 1. The number of benzene rings is 1. The van der Waals surface area contributed by atoms with Crippen molar-refractivity contribution in [1.29, 1.82) is 0 Å². The second-order valence-corrected chi connectivity index (χ2v) is 5.04. The molecule has 1 fully saturated rings. The fourth-order valence-corrected chi connectivity index (χ4v) is 2.91. The van der Waals surface area contributed by atoms with Crippen molar-refractivity contribution < 1.29 is 18.7 Å². The van der Waals surface area contributed by atoms with Crippen LogP contribution in [-0.2, 0) is 10.2 Å². The summed E-state index contributed by atoms with van der Waals surface area (Å²) in [7, 11) is 0. The third-order valence-corrected chi connectivity index (χ3v) is 3.83. The molecule has 2 rings (SSSR count). The summed E-state index contributed by atoms with van der Waals surface area (Å²) in [6, 6.07) is 3.76. The molecular weight excluding hydrogens is 238 g/mol. The number of aliphatic carboxylic acids is 1. The molecule has 18 heavy (non-hydrogen) atoms. The molecule has 1 aliphatic rings. The molecule has 0 heterocycles. The van der Waals surface area contributed by atoms with Crippen LogP contribution in [0.5, 0.6) is 0 Å². The van der Waals surface area contributed by atoms with Crippen molar-refractivity contribution in [1.82, 2.24) is 0 Å². The van der Waals surface area contributed by atoms with Crippen LogP contribution in [0.25, 0.3) is 0 Å². The van der Waals surface area contributed by atoms with Crippen LogP contribution in [0.15, 0.2) is 18.2 Å². The summed E-state index contributed by atoms with van der Waals surface area (Å²) >= 11 is 0. The Morgan fingerprint density at radius 2 is 1.83 bits per heavy atom. The molecule has 1 aromatic rings. The minimum atomic E-state index is -0.900. The van der Waals surface area contributed by atoms with Crippen LogP contribution in [0, 0.1) is 11.6 Å². The molecule has 98 valence electrons. The lowest BCUT2D eigenvalue weighted by Crippen LogP contribution is -2.32. The van der Waals surface area contributed by atoms with E-state index in [1.807, 2.05) is 0 Å². The minimum Gasteiger partial charge on any atom is -0.481 e. The van der Waals surface area contributed by atoms with Crippen molar-refractivity contribution in [3.63, 3.8) is 0 Å². The van der Waals surface area contributed by atoms with E-state index < -0.39 is 23.0 Å². The van der Waals surface area contributed by atoms with E-state index in [2.05, 4.69) is 0 Å². The molecule has 0 saturated heterocycles. The Kier molecular flexibility index (Phi) is 3.64. The van der Waals surface area contributed by atoms with Crippen molar-refractivity contribution in [3.05, 3.63) is 35.4 Å². The van der Waals surface area contributed by atoms with E-state index in [9.17, 15) is 13.6 Å². The van der Waals surface area contributed by atoms with Crippen LogP contribution in [0.2, 0.25) is 0 Å². The van der Waals surface area contributed by atoms with Crippen LogP contribution in [-0.4, -0.2) is 11.1 Å². The molecular formula is C14H16F2O2. The highest BCUT2D eigenvalue weighted by atomic mass is 19.2. The van der Waals surface area contributed by atoms with Crippen molar-refractivity contribution in [2.24, 2.45) is 0 Å². The monoisotopic (exact) mass is 254 g/mol. The zero-order valence-electron chi connectivity index (χ0n) is 10.1. The fraction of sp³-hybridized carbons (Fsp3) is 0.500. The lowest BCUT2D eigenvalue weighted by Gasteiger charge is -2.36. The molecule has 0 amide bonds. The number of hydrogen-bond acceptors (Lipinski definition) is 1. The van der Waals surface area contributed by atoms with Crippen molar-refractivity contribution >= 4 is 5.97 Å². The first-order valence-electron chi connectivity index (χ1n) is 6.21. The molecule has 0 aliphatic heterocycles. The molecule has 0 aromatic heterocycles. The highest BCUT2D eigenvalue weighted by Gasteiger charge is 2.36. The third-order valence-electron chi connectivity index (χ3n) is 3.83. The zero-order valence-corrected chi connectivity index (χ0v) is 10.1. The first-order valence-corrected chi connectivity index (χ1v) is 6.21. The van der Waals surface area contributed by atoms with Crippen LogP contribution in [0.1, 0.15) is 44.1 Å². The Morgan fingerprint density at radius 1 is 1.17 bits per heavy atom. The molecule has 4 heteroatoms. The van der Waals surface area contributed by atoms with E-state index in [-0.39, 0.29) is 6.42 Å². The fourth-order valence-electron chi connectivity index (χ4n) is 2.91. The summed E-state index contributed by atoms with van der Waals surface area (Å²) in [5, 5.41) is 9.05. The van der Waals surface area contributed by atoms with Gasteiger partial charge in [0, 0.05) is 5.41 Å². The Balaban J connectivity index is 2.38. The van der Waals surface area contributed by atoms with Gasteiger partial charge in [-0.05, 0) is 30.5 Å². The summed E-state index contributed by atoms with van der Waals surface area (Å²) in [6.07, 6.45) is 4.39. The molecule has 1 aliphatic carbocycles. The average molecular weight is 254 g/mol. The molecule has 1 N–H and O–H groups in total. The normalized spacial score (nSPS) is 18.6. The van der Waals surface area contributed by atoms with Gasteiger partial charge in [0.05, 0.1) is 6.42 Å². The maximum Gasteiger partial charge on any atom is 0.304 e. The van der Waals surface area contributed by atoms with Gasteiger partial charge in [-0.3, -0.25) is 4.79 Å². The van der Waals surface area contributed by atoms with Gasteiger partial charge in [0.25, 0.3) is 0 Å². The van der Waals surface area contributed by atoms with Crippen LogP contribution in [0.4, 0.5) is 8.78 Å². The van der Waals surface area contributed by atoms with E-state index in [4.69, 9.17) is 5.11 Å². The predicted molar refractivity (Wildman–Crippen MR) is 63.4 cm³/mol. The minimum absolute atomic E-state index is 0.0158. The Morgan fingerprint density at radius 3 is 2.39 bits per heavy atom. The molecule has 0 radical (unpaired) electrons. The Labute approximate surface area is 105 Å². The summed E-state index contributed by atoms with van der Waals surface area (Å²) in [5.41, 5.74) is 0.0852. The van der Waals surface area contributed by atoms with Gasteiger partial charge < -0.3 is 5.11 Å². The van der Waals surface area contributed by atoms with Gasteiger partial charge in [-0.1, -0.05) is 25.3 Å². The Bertz CT molecular complexity index is 451. The molecule has 0 bridgehead atoms. The van der Waals surface area contributed by atoms with E-state index in [0.29, 0.717) is 5.56 Å². The summed E-state index contributed by atoms with van der Waals surface area (Å²) in [5.74, 6) is -2.68. The Hall–Kier alpha value is -1.45. The van der Waals surface area contributed by atoms with Crippen LogP contribution in [0.3, 0.4) is 0 Å². The van der Waals surface area contributed by atoms with Crippen molar-refractivity contribution in [2.45, 2.75) is 43.9 Å². The smallest absolute Gasteiger partial charge is 0.304 e. The number of hydrogen-bond donors (Lipinski definition) is 1. The first kappa shape index (κ1) is 13.0. The van der Waals surface area contributed by atoms with Gasteiger partial charge in [-0.25, -0.2) is 8.78 Å². The van der Waals surface area contributed by atoms with Crippen molar-refractivity contribution in [2.75, 3.05) is 0 Å². The highest BCUT2D eigenvalue weighted by Crippen LogP contribution is 2.42. The molecule has 0 unspecified atom stereocenters. The molecule has 1 aromatic carbocycles. The highest BCUT2D eigenvalue weighted by molar-refractivity contribution is 5.69. The van der Waals surface area contributed by atoms with Gasteiger partial charge >= 0.3 is 5.97 Å². The summed E-state index contributed by atoms with van der Waals surface area (Å²) in [6.45, 7) is 0. The van der Waals surface area contributed by atoms with Crippen LogP contribution >= 0.6 is 0 Å². The SMILES string of the molecule is O=C(O)CC1(c2ccc(F)c(F)c2)CCCCC1. The number of rotatable bonds is 3. The van der Waals surface area contributed by atoms with Gasteiger partial charge in [0.1, 0.15) is 0 Å². The standard InChI is InChI=1S/C14H16F2O2/c15-11-5-4-10(8-12(11)16)14(9-13(17)18)6-2-1-3-7-14/h4-5,8H,1-3,6-7,9H2,(H,17,18). The van der Waals surface area contributed by atoms with E-state index >= 15 is 0 Å². The van der Waals surface area contributed by atoms with E-state index in [1.165, 1.54) is 6.07 Å². The summed E-state index contributed by atoms with van der Waals surface area (Å²) < 4.78 is 26.3. The van der Waals surface area contributed by atoms with Crippen molar-refractivity contribution in [3.8, 4) is 0 Å². The van der Waals surface area contributed by atoms with Crippen LogP contribution < -0.4 is 0 Å². The molecule has 2 nitrogen and oxygen atoms in total. The lowest BCUT2D eigenvalue weighted by molar-refractivity contribution is -0.138. The first-order chi connectivity index (χ1) is 8.53. The zero-order chi connectivity index (χ0) is 13.2. The topological polar surface area (TPSA) is 37.3 Å². The number of carboxylic acids is 1. The van der Waals surface area contributed by atoms with Gasteiger partial charge in [-0.15, -0.1) is 0 Å². The lowest BCUT2D eigenvalue weighted by atomic mass is 9.67. The third kappa shape index (κ3) is 2.52. The largest absolute Gasteiger partial charge is 0.481 e. The molecule has 0 atom stereocenters. The summed E-state index contributed by atoms with van der Waals surface area (Å²) in [4.78, 5) is 11.0. The predicted octanol–water partition coefficient (Wildman–Crippen LogP) is 3.64. The second-order valence-electron chi connectivity index (χ2n) is 5.04.